The number of hydrogen-bond donors (Lipinski definition) is 1. The number of hydrogen-bond acceptors (Lipinski definition) is 3. The zero-order chi connectivity index (χ0) is 18.5. The highest BCUT2D eigenvalue weighted by Gasteiger charge is 2.11. The van der Waals surface area contributed by atoms with E-state index in [2.05, 4.69) is 21.5 Å². The molecule has 0 aliphatic heterocycles. The second kappa shape index (κ2) is 7.95. The number of pyridine rings is 1. The van der Waals surface area contributed by atoms with Crippen LogP contribution in [0.15, 0.2) is 54.9 Å². The topological polar surface area (TPSA) is 59.8 Å². The van der Waals surface area contributed by atoms with Gasteiger partial charge in [0.15, 0.2) is 0 Å². The van der Waals surface area contributed by atoms with E-state index in [4.69, 9.17) is 0 Å². The van der Waals surface area contributed by atoms with E-state index in [1.54, 1.807) is 6.20 Å². The van der Waals surface area contributed by atoms with Gasteiger partial charge in [0.1, 0.15) is 0 Å². The Balaban J connectivity index is 1.59. The summed E-state index contributed by atoms with van der Waals surface area (Å²) in [7, 11) is 0. The number of nitrogens with zero attached hydrogens (tertiary/aromatic N) is 3. The Labute approximate surface area is 154 Å². The highest BCUT2D eigenvalue weighted by atomic mass is 16.1. The van der Waals surface area contributed by atoms with Crippen LogP contribution in [0.4, 0.5) is 0 Å². The van der Waals surface area contributed by atoms with Crippen LogP contribution in [0.1, 0.15) is 39.8 Å². The molecule has 2 heterocycles. The van der Waals surface area contributed by atoms with Crippen molar-refractivity contribution in [2.24, 2.45) is 0 Å². The molecule has 3 aromatic rings. The number of carbonyl (C=O) groups excluding carboxylic acids is 1. The predicted octanol–water partition coefficient (Wildman–Crippen LogP) is 3.30. The number of amides is 1. The molecule has 0 aliphatic rings. The number of aryl methyl sites for hydroxylation is 2. The van der Waals surface area contributed by atoms with E-state index >= 15 is 0 Å². The molecular formula is C21H24N4O. The summed E-state index contributed by atoms with van der Waals surface area (Å²) >= 11 is 0. The molecule has 5 heteroatoms. The summed E-state index contributed by atoms with van der Waals surface area (Å²) in [5.74, 6) is -0.0564. The van der Waals surface area contributed by atoms with Crippen LogP contribution >= 0.6 is 0 Å². The number of rotatable bonds is 6. The Morgan fingerprint density at radius 1 is 1.15 bits per heavy atom. The molecule has 0 saturated carbocycles. The first-order valence-electron chi connectivity index (χ1n) is 8.81. The van der Waals surface area contributed by atoms with Crippen LogP contribution in [0.5, 0.6) is 0 Å². The minimum atomic E-state index is -0.0564. The van der Waals surface area contributed by atoms with Gasteiger partial charge >= 0.3 is 0 Å². The van der Waals surface area contributed by atoms with Crippen LogP contribution in [0.2, 0.25) is 0 Å². The van der Waals surface area contributed by atoms with E-state index in [1.165, 1.54) is 0 Å². The summed E-state index contributed by atoms with van der Waals surface area (Å²) in [6, 6.07) is 13.7. The van der Waals surface area contributed by atoms with Crippen molar-refractivity contribution in [3.8, 4) is 0 Å². The van der Waals surface area contributed by atoms with Gasteiger partial charge in [-0.05, 0) is 62.6 Å². The van der Waals surface area contributed by atoms with E-state index in [9.17, 15) is 4.79 Å². The first kappa shape index (κ1) is 17.9. The van der Waals surface area contributed by atoms with Crippen LogP contribution in [0.25, 0.3) is 0 Å². The van der Waals surface area contributed by atoms with Gasteiger partial charge in [0.25, 0.3) is 5.91 Å². The van der Waals surface area contributed by atoms with Gasteiger partial charge in [0, 0.05) is 29.7 Å². The molecule has 1 atom stereocenters. The summed E-state index contributed by atoms with van der Waals surface area (Å²) in [4.78, 5) is 16.5. The lowest BCUT2D eigenvalue weighted by Gasteiger charge is -2.14. The molecule has 0 saturated heterocycles. The van der Waals surface area contributed by atoms with Gasteiger partial charge in [-0.15, -0.1) is 0 Å². The fourth-order valence-electron chi connectivity index (χ4n) is 3.00. The van der Waals surface area contributed by atoms with Gasteiger partial charge in [0.05, 0.1) is 12.2 Å². The highest BCUT2D eigenvalue weighted by molar-refractivity contribution is 5.94. The van der Waals surface area contributed by atoms with Gasteiger partial charge < -0.3 is 5.32 Å². The Bertz CT molecular complexity index is 869. The SMILES string of the molecule is Cc1cc(C)n(Cc2ccc(C(=O)N[C@H](C)Cc3cccnc3)cc2)n1. The third kappa shape index (κ3) is 4.57. The van der Waals surface area contributed by atoms with E-state index in [-0.39, 0.29) is 11.9 Å². The molecule has 26 heavy (non-hydrogen) atoms. The minimum absolute atomic E-state index is 0.0427. The second-order valence-electron chi connectivity index (χ2n) is 6.72. The molecule has 0 fully saturated rings. The Morgan fingerprint density at radius 3 is 2.54 bits per heavy atom. The van der Waals surface area contributed by atoms with Gasteiger partial charge in [-0.1, -0.05) is 18.2 Å². The molecule has 1 aromatic carbocycles. The average Bonchev–Trinajstić information content (AvgIpc) is 2.93. The zero-order valence-electron chi connectivity index (χ0n) is 15.4. The molecule has 0 unspecified atom stereocenters. The van der Waals surface area contributed by atoms with E-state index in [0.717, 1.165) is 28.9 Å². The molecule has 0 spiro atoms. The Morgan fingerprint density at radius 2 is 1.92 bits per heavy atom. The van der Waals surface area contributed by atoms with Crippen LogP contribution in [0.3, 0.4) is 0 Å². The van der Waals surface area contributed by atoms with Crippen molar-refractivity contribution in [1.82, 2.24) is 20.1 Å². The quantitative estimate of drug-likeness (QED) is 0.743. The monoisotopic (exact) mass is 348 g/mol. The lowest BCUT2D eigenvalue weighted by molar-refractivity contribution is 0.0940. The molecule has 5 nitrogen and oxygen atoms in total. The van der Waals surface area contributed by atoms with Crippen molar-refractivity contribution < 1.29 is 4.79 Å². The highest BCUT2D eigenvalue weighted by Crippen LogP contribution is 2.10. The van der Waals surface area contributed by atoms with E-state index < -0.39 is 0 Å². The summed E-state index contributed by atoms with van der Waals surface area (Å²) in [6.45, 7) is 6.75. The molecular weight excluding hydrogens is 324 g/mol. The van der Waals surface area contributed by atoms with Gasteiger partial charge in [-0.25, -0.2) is 0 Å². The van der Waals surface area contributed by atoms with Crippen molar-refractivity contribution >= 4 is 5.91 Å². The third-order valence-corrected chi connectivity index (χ3v) is 4.29. The van der Waals surface area contributed by atoms with Crippen molar-refractivity contribution in [2.45, 2.75) is 39.8 Å². The summed E-state index contributed by atoms with van der Waals surface area (Å²) < 4.78 is 1.97. The molecule has 134 valence electrons. The Hall–Kier alpha value is -2.95. The maximum atomic E-state index is 12.4. The molecule has 2 aromatic heterocycles. The first-order chi connectivity index (χ1) is 12.5. The number of carbonyl (C=O) groups is 1. The second-order valence-corrected chi connectivity index (χ2v) is 6.72. The lowest BCUT2D eigenvalue weighted by atomic mass is 10.1. The predicted molar refractivity (Wildman–Crippen MR) is 102 cm³/mol. The average molecular weight is 348 g/mol. The molecule has 3 rings (SSSR count). The van der Waals surface area contributed by atoms with Crippen molar-refractivity contribution in [3.05, 3.63) is 82.9 Å². The standard InChI is InChI=1S/C21H24N4O/c1-15(12-19-5-4-10-22-13-19)23-21(26)20-8-6-18(7-9-20)14-25-17(3)11-16(2)24-25/h4-11,13,15H,12,14H2,1-3H3,(H,23,26)/t15-/m1/s1. The van der Waals surface area contributed by atoms with Gasteiger partial charge in [0.2, 0.25) is 0 Å². The van der Waals surface area contributed by atoms with E-state index in [1.807, 2.05) is 68.0 Å². The van der Waals surface area contributed by atoms with Crippen LogP contribution in [0, 0.1) is 13.8 Å². The normalized spacial score (nSPS) is 12.0. The molecule has 0 bridgehead atoms. The fraction of sp³-hybridized carbons (Fsp3) is 0.286. The maximum Gasteiger partial charge on any atom is 0.251 e. The van der Waals surface area contributed by atoms with Crippen molar-refractivity contribution in [1.29, 1.82) is 0 Å². The molecule has 0 aliphatic carbocycles. The Kier molecular flexibility index (Phi) is 5.46. The third-order valence-electron chi connectivity index (χ3n) is 4.29. The largest absolute Gasteiger partial charge is 0.349 e. The van der Waals surface area contributed by atoms with Crippen LogP contribution < -0.4 is 5.32 Å². The fourth-order valence-corrected chi connectivity index (χ4v) is 3.00. The van der Waals surface area contributed by atoms with Gasteiger partial charge in [-0.2, -0.15) is 5.10 Å². The number of aromatic nitrogens is 3. The smallest absolute Gasteiger partial charge is 0.251 e. The van der Waals surface area contributed by atoms with Crippen molar-refractivity contribution in [3.63, 3.8) is 0 Å². The van der Waals surface area contributed by atoms with Crippen LogP contribution in [-0.2, 0) is 13.0 Å². The minimum Gasteiger partial charge on any atom is -0.349 e. The number of nitrogens with one attached hydrogen (secondary N) is 1. The van der Waals surface area contributed by atoms with Crippen LogP contribution in [-0.4, -0.2) is 26.7 Å². The summed E-state index contributed by atoms with van der Waals surface area (Å²) in [5, 5.41) is 7.52. The first-order valence-corrected chi connectivity index (χ1v) is 8.81. The van der Waals surface area contributed by atoms with Crippen molar-refractivity contribution in [2.75, 3.05) is 0 Å². The summed E-state index contributed by atoms with van der Waals surface area (Å²) in [6.07, 6.45) is 4.34. The maximum absolute atomic E-state index is 12.4. The molecule has 1 amide bonds. The number of benzene rings is 1. The van der Waals surface area contributed by atoms with Gasteiger partial charge in [-0.3, -0.25) is 14.5 Å². The van der Waals surface area contributed by atoms with E-state index in [0.29, 0.717) is 12.1 Å². The molecule has 1 N–H and O–H groups in total. The zero-order valence-corrected chi connectivity index (χ0v) is 15.4. The molecule has 0 radical (unpaired) electrons. The summed E-state index contributed by atoms with van der Waals surface area (Å²) in [5.41, 5.74) is 5.05. The lowest BCUT2D eigenvalue weighted by Crippen LogP contribution is -2.34.